The summed E-state index contributed by atoms with van der Waals surface area (Å²) in [6.07, 6.45) is 6.49. The zero-order valence-corrected chi connectivity index (χ0v) is 34.4. The van der Waals surface area contributed by atoms with Crippen LogP contribution in [-0.4, -0.2) is 0 Å². The fraction of sp³-hybridized carbons (Fsp3) is 0.103. The average molecular weight is 788 g/mol. The van der Waals surface area contributed by atoms with Crippen molar-refractivity contribution in [1.29, 1.82) is 0 Å². The summed E-state index contributed by atoms with van der Waals surface area (Å²) in [7, 11) is 0. The van der Waals surface area contributed by atoms with Gasteiger partial charge >= 0.3 is 0 Å². The van der Waals surface area contributed by atoms with E-state index in [4.69, 9.17) is 0 Å². The lowest BCUT2D eigenvalue weighted by molar-refractivity contribution is 0.445. The summed E-state index contributed by atoms with van der Waals surface area (Å²) < 4.78 is 2.63. The van der Waals surface area contributed by atoms with Crippen LogP contribution in [0.3, 0.4) is 0 Å². The lowest BCUT2D eigenvalue weighted by Gasteiger charge is -2.31. The van der Waals surface area contributed by atoms with E-state index >= 15 is 0 Å². The maximum absolute atomic E-state index is 2.52. The molecule has 0 unspecified atom stereocenters. The van der Waals surface area contributed by atoms with Gasteiger partial charge in [0.15, 0.2) is 0 Å². The quantitative estimate of drug-likeness (QED) is 0.148. The number of rotatable bonds is 8. The van der Waals surface area contributed by atoms with Crippen molar-refractivity contribution in [3.8, 4) is 44.5 Å². The Morgan fingerprint density at radius 3 is 1.55 bits per heavy atom. The maximum atomic E-state index is 2.52. The zero-order chi connectivity index (χ0) is 39.8. The highest BCUT2D eigenvalue weighted by Crippen LogP contribution is 2.49. The molecule has 2 heteroatoms. The largest absolute Gasteiger partial charge is 0.309 e. The van der Waals surface area contributed by atoms with E-state index < -0.39 is 0 Å². The minimum Gasteiger partial charge on any atom is -0.309 e. The Balaban J connectivity index is 1.11. The van der Waals surface area contributed by atoms with Gasteiger partial charge in [0.25, 0.3) is 0 Å². The molecule has 1 nitrogen and oxygen atoms in total. The highest BCUT2D eigenvalue weighted by atomic mass is 32.1. The van der Waals surface area contributed by atoms with E-state index in [1.165, 1.54) is 119 Å². The molecule has 0 aliphatic heterocycles. The Bertz CT molecular complexity index is 3110. The SMILES string of the molecule is c1ccc(-c2ccc(-c3ccc(N(c4ccccc4-c4cccc5cccc(C6CCCCC6)c45)c4ccccc4-c4cccc5sc6ccccc6c45)cc3)cc2)cc1. The van der Waals surface area contributed by atoms with Gasteiger partial charge in [-0.25, -0.2) is 0 Å². The first-order valence-electron chi connectivity index (χ1n) is 21.5. The first-order chi connectivity index (χ1) is 29.8. The molecular weight excluding hydrogens is 743 g/mol. The van der Waals surface area contributed by atoms with Gasteiger partial charge in [0.1, 0.15) is 0 Å². The monoisotopic (exact) mass is 787 g/mol. The van der Waals surface area contributed by atoms with E-state index in [2.05, 4.69) is 211 Å². The van der Waals surface area contributed by atoms with Crippen molar-refractivity contribution in [2.45, 2.75) is 38.0 Å². The number of hydrogen-bond acceptors (Lipinski definition) is 2. The van der Waals surface area contributed by atoms with Crippen LogP contribution in [-0.2, 0) is 0 Å². The molecule has 0 spiro atoms. The summed E-state index contributed by atoms with van der Waals surface area (Å²) in [5.74, 6) is 0.586. The first kappa shape index (κ1) is 36.3. The van der Waals surface area contributed by atoms with Crippen LogP contribution in [0.4, 0.5) is 17.1 Å². The van der Waals surface area contributed by atoms with Crippen LogP contribution >= 0.6 is 11.3 Å². The van der Waals surface area contributed by atoms with Gasteiger partial charge in [-0.1, -0.05) is 189 Å². The van der Waals surface area contributed by atoms with Crippen LogP contribution in [0.2, 0.25) is 0 Å². The van der Waals surface area contributed by atoms with Gasteiger partial charge < -0.3 is 4.90 Å². The molecular formula is C58H45NS. The maximum Gasteiger partial charge on any atom is 0.0540 e. The highest BCUT2D eigenvalue weighted by molar-refractivity contribution is 7.25. The summed E-state index contributed by atoms with van der Waals surface area (Å²) in [6.45, 7) is 0. The Morgan fingerprint density at radius 2 is 0.867 bits per heavy atom. The molecule has 0 radical (unpaired) electrons. The lowest BCUT2D eigenvalue weighted by atomic mass is 9.80. The van der Waals surface area contributed by atoms with Gasteiger partial charge in [-0.15, -0.1) is 11.3 Å². The molecule has 1 aliphatic rings. The van der Waals surface area contributed by atoms with Gasteiger partial charge in [-0.3, -0.25) is 0 Å². The number of para-hydroxylation sites is 2. The second kappa shape index (κ2) is 15.8. The topological polar surface area (TPSA) is 3.24 Å². The number of nitrogens with zero attached hydrogens (tertiary/aromatic N) is 1. The lowest BCUT2D eigenvalue weighted by Crippen LogP contribution is -2.12. The number of fused-ring (bicyclic) bond motifs is 4. The molecule has 1 fully saturated rings. The third-order valence-corrected chi connectivity index (χ3v) is 13.8. The Kier molecular flexibility index (Phi) is 9.56. The summed E-state index contributed by atoms with van der Waals surface area (Å²) in [5.41, 5.74) is 14.8. The van der Waals surface area contributed by atoms with Crippen molar-refractivity contribution in [2.24, 2.45) is 0 Å². The second-order valence-electron chi connectivity index (χ2n) is 16.2. The van der Waals surface area contributed by atoms with Crippen LogP contribution in [0.15, 0.2) is 206 Å². The molecule has 1 aromatic heterocycles. The van der Waals surface area contributed by atoms with Crippen LogP contribution < -0.4 is 4.90 Å². The molecule has 0 bridgehead atoms. The molecule has 0 saturated heterocycles. The molecule has 11 rings (SSSR count). The molecule has 0 atom stereocenters. The van der Waals surface area contributed by atoms with Crippen molar-refractivity contribution >= 4 is 59.3 Å². The third kappa shape index (κ3) is 6.58. The highest BCUT2D eigenvalue weighted by Gasteiger charge is 2.25. The van der Waals surface area contributed by atoms with Crippen molar-refractivity contribution in [1.82, 2.24) is 0 Å². The molecule has 1 heterocycles. The Morgan fingerprint density at radius 1 is 0.367 bits per heavy atom. The van der Waals surface area contributed by atoms with Crippen LogP contribution in [0, 0.1) is 0 Å². The number of benzene rings is 9. The minimum absolute atomic E-state index is 0.586. The number of thiophene rings is 1. The van der Waals surface area contributed by atoms with Crippen molar-refractivity contribution in [3.63, 3.8) is 0 Å². The van der Waals surface area contributed by atoms with Crippen molar-refractivity contribution < 1.29 is 0 Å². The molecule has 9 aromatic carbocycles. The molecule has 288 valence electrons. The van der Waals surface area contributed by atoms with E-state index in [0.717, 1.165) is 11.4 Å². The van der Waals surface area contributed by atoms with Crippen molar-refractivity contribution in [3.05, 3.63) is 212 Å². The average Bonchev–Trinajstić information content (AvgIpc) is 3.72. The molecule has 1 aliphatic carbocycles. The van der Waals surface area contributed by atoms with E-state index in [1.54, 1.807) is 0 Å². The second-order valence-corrected chi connectivity index (χ2v) is 17.3. The van der Waals surface area contributed by atoms with E-state index in [1.807, 2.05) is 11.3 Å². The van der Waals surface area contributed by atoms with Gasteiger partial charge in [0, 0.05) is 37.0 Å². The molecule has 1 saturated carbocycles. The summed E-state index contributed by atoms with van der Waals surface area (Å²) in [4.78, 5) is 2.52. The van der Waals surface area contributed by atoms with Gasteiger partial charge in [0.2, 0.25) is 0 Å². The standard InChI is InChI=1S/C58H45NS/c1-3-16-40(17-4-1)41-32-34-42(35-33-41)43-36-38-46(39-37-43)59(54-29-11-8-23-49(54)51-27-15-31-56-58(51)52-24-9-12-30-55(52)60-56)53-28-10-7-22-48(53)50-26-14-21-45-20-13-25-47(57(45)50)44-18-5-2-6-19-44/h1,3-4,7-17,20-39,44H,2,5-6,18-19H2. The Labute approximate surface area is 356 Å². The van der Waals surface area contributed by atoms with Crippen LogP contribution in [0.5, 0.6) is 0 Å². The Hall–Kier alpha value is -6.74. The molecule has 60 heavy (non-hydrogen) atoms. The number of anilines is 3. The normalized spacial score (nSPS) is 13.3. The first-order valence-corrected chi connectivity index (χ1v) is 22.3. The van der Waals surface area contributed by atoms with E-state index in [9.17, 15) is 0 Å². The predicted molar refractivity (Wildman–Crippen MR) is 259 cm³/mol. The third-order valence-electron chi connectivity index (χ3n) is 12.7. The van der Waals surface area contributed by atoms with Crippen LogP contribution in [0.25, 0.3) is 75.5 Å². The smallest absolute Gasteiger partial charge is 0.0540 e. The predicted octanol–water partition coefficient (Wildman–Crippen LogP) is 17.4. The van der Waals surface area contributed by atoms with Crippen molar-refractivity contribution in [2.75, 3.05) is 4.90 Å². The molecule has 0 amide bonds. The molecule has 0 N–H and O–H groups in total. The molecule has 10 aromatic rings. The van der Waals surface area contributed by atoms with Gasteiger partial charge in [-0.05, 0) is 105 Å². The van der Waals surface area contributed by atoms with Gasteiger partial charge in [-0.2, -0.15) is 0 Å². The summed E-state index contributed by atoms with van der Waals surface area (Å²) in [6, 6.07) is 76.4. The summed E-state index contributed by atoms with van der Waals surface area (Å²) >= 11 is 1.88. The van der Waals surface area contributed by atoms with Gasteiger partial charge in [0.05, 0.1) is 11.4 Å². The fourth-order valence-electron chi connectivity index (χ4n) is 9.84. The zero-order valence-electron chi connectivity index (χ0n) is 33.6. The van der Waals surface area contributed by atoms with E-state index in [0.29, 0.717) is 5.92 Å². The number of hydrogen-bond donors (Lipinski definition) is 0. The van der Waals surface area contributed by atoms with E-state index in [-0.39, 0.29) is 0 Å². The van der Waals surface area contributed by atoms with Crippen LogP contribution in [0.1, 0.15) is 43.6 Å². The fourth-order valence-corrected chi connectivity index (χ4v) is 11.0. The minimum atomic E-state index is 0.586. The summed E-state index contributed by atoms with van der Waals surface area (Å²) in [5, 5.41) is 5.34.